The Morgan fingerprint density at radius 3 is 2.45 bits per heavy atom. The van der Waals surface area contributed by atoms with Crippen molar-refractivity contribution in [2.45, 2.75) is 58.8 Å². The molecule has 1 atom stereocenters. The van der Waals surface area contributed by atoms with Gasteiger partial charge in [-0.25, -0.2) is 19.6 Å². The van der Waals surface area contributed by atoms with Gasteiger partial charge < -0.3 is 14.2 Å². The van der Waals surface area contributed by atoms with E-state index in [1.807, 2.05) is 19.9 Å². The van der Waals surface area contributed by atoms with E-state index in [2.05, 4.69) is 9.97 Å². The van der Waals surface area contributed by atoms with Crippen molar-refractivity contribution in [2.24, 2.45) is 0 Å². The third-order valence-corrected chi connectivity index (χ3v) is 5.00. The average molecular weight is 474 g/mol. The fraction of sp³-hybridized carbons (Fsp3) is 0.417. The second kappa shape index (κ2) is 9.79. The zero-order valence-corrected chi connectivity index (χ0v) is 20.3. The van der Waals surface area contributed by atoms with E-state index in [-0.39, 0.29) is 12.5 Å². The smallest absolute Gasteiger partial charge is 0.415 e. The lowest BCUT2D eigenvalue weighted by Gasteiger charge is -2.26. The Bertz CT molecular complexity index is 1080. The van der Waals surface area contributed by atoms with E-state index in [9.17, 15) is 9.59 Å². The number of amides is 1. The maximum absolute atomic E-state index is 12.7. The number of aromatic nitrogens is 2. The van der Waals surface area contributed by atoms with Gasteiger partial charge in [0, 0.05) is 18.2 Å². The van der Waals surface area contributed by atoms with Crippen molar-refractivity contribution in [3.05, 3.63) is 47.5 Å². The number of hydrogen-bond donors (Lipinski definition) is 0. The summed E-state index contributed by atoms with van der Waals surface area (Å²) >= 11 is 6.38. The minimum Gasteiger partial charge on any atom is -0.489 e. The highest BCUT2D eigenvalue weighted by Gasteiger charge is 2.38. The molecular weight excluding hydrogens is 446 g/mol. The summed E-state index contributed by atoms with van der Waals surface area (Å²) < 4.78 is 16.0. The number of methoxy groups -OCH3 is 1. The zero-order valence-electron chi connectivity index (χ0n) is 19.6. The summed E-state index contributed by atoms with van der Waals surface area (Å²) in [6.07, 6.45) is 2.62. The lowest BCUT2D eigenvalue weighted by atomic mass is 10.0. The summed E-state index contributed by atoms with van der Waals surface area (Å²) in [6.45, 7) is 9.14. The topological polar surface area (TPSA) is 90.9 Å². The number of carbonyl (C=O) groups is 2. The first-order valence-corrected chi connectivity index (χ1v) is 10.9. The monoisotopic (exact) mass is 473 g/mol. The summed E-state index contributed by atoms with van der Waals surface area (Å²) in [6, 6.07) is 6.39. The fourth-order valence-electron chi connectivity index (χ4n) is 3.32. The molecule has 1 aliphatic rings. The second-order valence-corrected chi connectivity index (χ2v) is 9.29. The van der Waals surface area contributed by atoms with Gasteiger partial charge in [0.05, 0.1) is 29.6 Å². The van der Waals surface area contributed by atoms with Gasteiger partial charge in [0.15, 0.2) is 0 Å². The maximum Gasteiger partial charge on any atom is 0.415 e. The average Bonchev–Trinajstić information content (AvgIpc) is 3.19. The number of benzene rings is 1. The molecule has 1 aromatic carbocycles. The van der Waals surface area contributed by atoms with Gasteiger partial charge in [-0.2, -0.15) is 0 Å². The predicted molar refractivity (Wildman–Crippen MR) is 125 cm³/mol. The van der Waals surface area contributed by atoms with Gasteiger partial charge in [0.1, 0.15) is 23.7 Å². The van der Waals surface area contributed by atoms with Gasteiger partial charge in [0.25, 0.3) is 0 Å². The van der Waals surface area contributed by atoms with E-state index in [1.54, 1.807) is 45.2 Å². The summed E-state index contributed by atoms with van der Waals surface area (Å²) in [7, 11) is 1.28. The number of carbonyl (C=O) groups excluding carboxylic acids is 2. The molecule has 0 saturated carbocycles. The molecule has 3 rings (SSSR count). The molecule has 9 heteroatoms. The second-order valence-electron chi connectivity index (χ2n) is 8.89. The van der Waals surface area contributed by atoms with Crippen molar-refractivity contribution in [3.63, 3.8) is 0 Å². The molecule has 33 heavy (non-hydrogen) atoms. The highest BCUT2D eigenvalue weighted by Crippen LogP contribution is 2.34. The molecule has 0 aliphatic carbocycles. The van der Waals surface area contributed by atoms with Crippen LogP contribution in [0.25, 0.3) is 16.8 Å². The Kier molecular flexibility index (Phi) is 7.27. The predicted octanol–water partition coefficient (Wildman–Crippen LogP) is 5.11. The zero-order chi connectivity index (χ0) is 24.3. The molecule has 0 fully saturated rings. The van der Waals surface area contributed by atoms with E-state index in [4.69, 9.17) is 25.8 Å². The molecule has 0 spiro atoms. The van der Waals surface area contributed by atoms with Gasteiger partial charge in [-0.05, 0) is 64.5 Å². The van der Waals surface area contributed by atoms with Crippen LogP contribution in [-0.4, -0.2) is 51.8 Å². The summed E-state index contributed by atoms with van der Waals surface area (Å²) in [5, 5.41) is 0.475. The minimum absolute atomic E-state index is 0.00369. The standard InChI is InChI=1S/C24H28ClN3O5/c1-14(2)32-21-8-7-15(9-17(21)25)18-11-19(27-13-26-18)16-10-20(22(29)31-6)28(12-16)23(30)33-24(3,4)5/h7-9,11-14,20H,10H2,1-6H3. The van der Waals surface area contributed by atoms with Crippen LogP contribution in [0.5, 0.6) is 5.75 Å². The van der Waals surface area contributed by atoms with E-state index >= 15 is 0 Å². The Balaban J connectivity index is 1.91. The Morgan fingerprint density at radius 2 is 1.85 bits per heavy atom. The molecule has 1 unspecified atom stereocenters. The number of esters is 1. The molecule has 1 amide bonds. The van der Waals surface area contributed by atoms with Crippen LogP contribution in [0.2, 0.25) is 5.02 Å². The van der Waals surface area contributed by atoms with Crippen molar-refractivity contribution in [1.82, 2.24) is 14.9 Å². The first kappa shape index (κ1) is 24.5. The van der Waals surface area contributed by atoms with Crippen LogP contribution in [0.15, 0.2) is 36.8 Å². The van der Waals surface area contributed by atoms with E-state index in [1.165, 1.54) is 18.3 Å². The molecular formula is C24H28ClN3O5. The van der Waals surface area contributed by atoms with Gasteiger partial charge in [0.2, 0.25) is 0 Å². The molecule has 176 valence electrons. The van der Waals surface area contributed by atoms with Gasteiger partial charge in [-0.15, -0.1) is 0 Å². The molecule has 0 saturated heterocycles. The van der Waals surface area contributed by atoms with Gasteiger partial charge in [-0.1, -0.05) is 11.6 Å². The lowest BCUT2D eigenvalue weighted by Crippen LogP contribution is -2.42. The van der Waals surface area contributed by atoms with Gasteiger partial charge in [-0.3, -0.25) is 4.90 Å². The maximum atomic E-state index is 12.7. The van der Waals surface area contributed by atoms with Crippen LogP contribution in [0.4, 0.5) is 4.79 Å². The van der Waals surface area contributed by atoms with E-state index in [0.29, 0.717) is 27.7 Å². The van der Waals surface area contributed by atoms with Crippen LogP contribution in [0.1, 0.15) is 46.7 Å². The Labute approximate surface area is 198 Å². The lowest BCUT2D eigenvalue weighted by molar-refractivity contribution is -0.145. The number of nitrogens with zero attached hydrogens (tertiary/aromatic N) is 3. The normalized spacial score (nSPS) is 15.9. The highest BCUT2D eigenvalue weighted by molar-refractivity contribution is 6.32. The third kappa shape index (κ3) is 6.01. The van der Waals surface area contributed by atoms with Crippen LogP contribution < -0.4 is 4.74 Å². The number of hydrogen-bond acceptors (Lipinski definition) is 7. The van der Waals surface area contributed by atoms with E-state index in [0.717, 1.165) is 5.56 Å². The fourth-order valence-corrected chi connectivity index (χ4v) is 3.54. The molecule has 8 nitrogen and oxygen atoms in total. The molecule has 2 heterocycles. The summed E-state index contributed by atoms with van der Waals surface area (Å²) in [5.74, 6) is 0.0611. The minimum atomic E-state index is -0.833. The third-order valence-electron chi connectivity index (χ3n) is 4.71. The van der Waals surface area contributed by atoms with Gasteiger partial charge >= 0.3 is 12.1 Å². The van der Waals surface area contributed by atoms with E-state index < -0.39 is 23.7 Å². The SMILES string of the molecule is COC(=O)C1CC(c2cc(-c3ccc(OC(C)C)c(Cl)c3)ncn2)=CN1C(=O)OC(C)(C)C. The summed E-state index contributed by atoms with van der Waals surface area (Å²) in [4.78, 5) is 35.0. The van der Waals surface area contributed by atoms with Crippen molar-refractivity contribution >= 4 is 29.2 Å². The van der Waals surface area contributed by atoms with Crippen molar-refractivity contribution in [1.29, 1.82) is 0 Å². The van der Waals surface area contributed by atoms with Crippen LogP contribution >= 0.6 is 11.6 Å². The molecule has 1 aromatic heterocycles. The molecule has 0 N–H and O–H groups in total. The van der Waals surface area contributed by atoms with Crippen LogP contribution in [0.3, 0.4) is 0 Å². The quantitative estimate of drug-likeness (QED) is 0.557. The number of rotatable bonds is 5. The first-order valence-electron chi connectivity index (χ1n) is 10.6. The molecule has 0 radical (unpaired) electrons. The number of ether oxygens (including phenoxy) is 3. The Hall–Kier alpha value is -3.13. The summed E-state index contributed by atoms with van der Waals surface area (Å²) in [5.41, 5.74) is 1.99. The molecule has 2 aromatic rings. The first-order chi connectivity index (χ1) is 15.5. The van der Waals surface area contributed by atoms with Crippen molar-refractivity contribution < 1.29 is 23.8 Å². The Morgan fingerprint density at radius 1 is 1.15 bits per heavy atom. The van der Waals surface area contributed by atoms with Crippen LogP contribution in [0, 0.1) is 0 Å². The number of halogens is 1. The van der Waals surface area contributed by atoms with Crippen LogP contribution in [-0.2, 0) is 14.3 Å². The van der Waals surface area contributed by atoms with Crippen molar-refractivity contribution in [3.8, 4) is 17.0 Å². The molecule has 0 bridgehead atoms. The molecule has 1 aliphatic heterocycles. The largest absolute Gasteiger partial charge is 0.489 e. The van der Waals surface area contributed by atoms with Crippen molar-refractivity contribution in [2.75, 3.05) is 7.11 Å². The highest BCUT2D eigenvalue weighted by atomic mass is 35.5.